The topological polar surface area (TPSA) is 114 Å². The number of rotatable bonds is 10. The van der Waals surface area contributed by atoms with Crippen molar-refractivity contribution in [3.8, 4) is 0 Å². The van der Waals surface area contributed by atoms with Gasteiger partial charge in [0, 0.05) is 38.9 Å². The molecule has 0 spiro atoms. The number of hydrogen-bond acceptors (Lipinski definition) is 6. The van der Waals surface area contributed by atoms with Crippen molar-refractivity contribution in [2.75, 3.05) is 11.9 Å². The molecule has 0 radical (unpaired) electrons. The van der Waals surface area contributed by atoms with E-state index in [2.05, 4.69) is 16.2 Å². The van der Waals surface area contributed by atoms with Crippen molar-refractivity contribution in [1.82, 2.24) is 10.9 Å². The molecule has 0 saturated carbocycles. The average molecular weight is 526 g/mol. The molecule has 0 unspecified atom stereocenters. The standard InChI is InChI=1S/C26H24ClN3O5S/c27-19-9-13-21(14-10-19)36-22-15-11-20(12-16-22)28-23(31)7-4-8-25(33)35-17-24(32)29-30-26(34)18-5-2-1-3-6-18/h1-3,5-6,9-16H,4,7-8,17H2,(H,28,31)(H,29,32)(H,30,34). The predicted octanol–water partition coefficient (Wildman–Crippen LogP) is 4.60. The van der Waals surface area contributed by atoms with Crippen LogP contribution in [0, 0.1) is 0 Å². The van der Waals surface area contributed by atoms with Gasteiger partial charge in [-0.15, -0.1) is 0 Å². The summed E-state index contributed by atoms with van der Waals surface area (Å²) in [6.45, 7) is -0.541. The van der Waals surface area contributed by atoms with Crippen molar-refractivity contribution >= 4 is 52.7 Å². The average Bonchev–Trinajstić information content (AvgIpc) is 2.89. The van der Waals surface area contributed by atoms with E-state index in [1.807, 2.05) is 36.4 Å². The van der Waals surface area contributed by atoms with Crippen LogP contribution in [0.3, 0.4) is 0 Å². The third kappa shape index (κ3) is 9.44. The van der Waals surface area contributed by atoms with Gasteiger partial charge in [0.2, 0.25) is 5.91 Å². The van der Waals surface area contributed by atoms with Crippen molar-refractivity contribution in [3.63, 3.8) is 0 Å². The number of carbonyl (C=O) groups excluding carboxylic acids is 4. The lowest BCUT2D eigenvalue weighted by Crippen LogP contribution is -2.43. The van der Waals surface area contributed by atoms with Crippen LogP contribution in [0.4, 0.5) is 5.69 Å². The number of carbonyl (C=O) groups is 4. The molecule has 0 aliphatic rings. The van der Waals surface area contributed by atoms with E-state index in [-0.39, 0.29) is 25.2 Å². The number of nitrogens with one attached hydrogen (secondary N) is 3. The van der Waals surface area contributed by atoms with Gasteiger partial charge in [-0.1, -0.05) is 41.6 Å². The second-order valence-corrected chi connectivity index (χ2v) is 9.09. The number of halogens is 1. The zero-order valence-corrected chi connectivity index (χ0v) is 20.7. The summed E-state index contributed by atoms with van der Waals surface area (Å²) in [5.41, 5.74) is 5.43. The second-order valence-electron chi connectivity index (χ2n) is 7.51. The molecule has 0 saturated heterocycles. The first-order valence-electron chi connectivity index (χ1n) is 11.0. The first kappa shape index (κ1) is 26.8. The van der Waals surface area contributed by atoms with E-state index in [0.29, 0.717) is 16.3 Å². The summed E-state index contributed by atoms with van der Waals surface area (Å²) in [6.07, 6.45) is 0.366. The molecule has 0 fully saturated rings. The largest absolute Gasteiger partial charge is 0.455 e. The molecule has 0 atom stereocenters. The Labute approximate surface area is 217 Å². The summed E-state index contributed by atoms with van der Waals surface area (Å²) in [5, 5.41) is 3.46. The first-order valence-corrected chi connectivity index (χ1v) is 12.2. The lowest BCUT2D eigenvalue weighted by Gasteiger charge is -2.08. The number of anilines is 1. The first-order chi connectivity index (χ1) is 17.4. The SMILES string of the molecule is O=C(COC(=O)CCCC(=O)Nc1ccc(Sc2ccc(Cl)cc2)cc1)NNC(=O)c1ccccc1. The van der Waals surface area contributed by atoms with Gasteiger partial charge in [0.05, 0.1) is 0 Å². The van der Waals surface area contributed by atoms with E-state index >= 15 is 0 Å². The molecule has 3 rings (SSSR count). The fraction of sp³-hybridized carbons (Fsp3) is 0.154. The molecule has 3 N–H and O–H groups in total. The molecule has 0 aromatic heterocycles. The van der Waals surface area contributed by atoms with E-state index in [0.717, 1.165) is 9.79 Å². The Morgan fingerprint density at radius 1 is 0.750 bits per heavy atom. The minimum absolute atomic E-state index is 0.0201. The van der Waals surface area contributed by atoms with Crippen molar-refractivity contribution in [2.45, 2.75) is 29.1 Å². The molecule has 0 aliphatic carbocycles. The molecular weight excluding hydrogens is 502 g/mol. The van der Waals surface area contributed by atoms with Gasteiger partial charge in [0.25, 0.3) is 11.8 Å². The zero-order chi connectivity index (χ0) is 25.8. The van der Waals surface area contributed by atoms with Crippen LogP contribution in [-0.4, -0.2) is 30.3 Å². The van der Waals surface area contributed by atoms with Gasteiger partial charge in [0.15, 0.2) is 6.61 Å². The fourth-order valence-electron chi connectivity index (χ4n) is 2.90. The van der Waals surface area contributed by atoms with Crippen molar-refractivity contribution < 1.29 is 23.9 Å². The monoisotopic (exact) mass is 525 g/mol. The van der Waals surface area contributed by atoms with Gasteiger partial charge >= 0.3 is 5.97 Å². The van der Waals surface area contributed by atoms with Crippen molar-refractivity contribution in [1.29, 1.82) is 0 Å². The molecule has 3 amide bonds. The van der Waals surface area contributed by atoms with E-state index in [4.69, 9.17) is 16.3 Å². The Morgan fingerprint density at radius 3 is 2.06 bits per heavy atom. The summed E-state index contributed by atoms with van der Waals surface area (Å²) in [6, 6.07) is 23.3. The number of hydrogen-bond donors (Lipinski definition) is 3. The van der Waals surface area contributed by atoms with Crippen LogP contribution in [0.25, 0.3) is 0 Å². The van der Waals surface area contributed by atoms with E-state index in [1.54, 1.807) is 54.2 Å². The fourth-order valence-corrected chi connectivity index (χ4v) is 3.85. The highest BCUT2D eigenvalue weighted by molar-refractivity contribution is 7.99. The van der Waals surface area contributed by atoms with Crippen LogP contribution in [0.5, 0.6) is 0 Å². The summed E-state index contributed by atoms with van der Waals surface area (Å²) < 4.78 is 4.87. The van der Waals surface area contributed by atoms with Gasteiger partial charge in [-0.2, -0.15) is 0 Å². The van der Waals surface area contributed by atoms with Gasteiger partial charge in [0.1, 0.15) is 0 Å². The molecular formula is C26H24ClN3O5S. The van der Waals surface area contributed by atoms with Gasteiger partial charge in [-0.25, -0.2) is 0 Å². The van der Waals surface area contributed by atoms with Gasteiger partial charge in [-0.05, 0) is 67.1 Å². The van der Waals surface area contributed by atoms with Crippen LogP contribution in [-0.2, 0) is 19.1 Å². The summed E-state index contributed by atoms with van der Waals surface area (Å²) in [5.74, 6) is -2.02. The van der Waals surface area contributed by atoms with Crippen LogP contribution in [0.1, 0.15) is 29.6 Å². The van der Waals surface area contributed by atoms with E-state index in [1.165, 1.54) is 0 Å². The maximum absolute atomic E-state index is 12.1. The van der Waals surface area contributed by atoms with Crippen LogP contribution in [0.2, 0.25) is 5.02 Å². The number of hydrazine groups is 1. The van der Waals surface area contributed by atoms with Gasteiger partial charge in [-0.3, -0.25) is 30.0 Å². The number of esters is 1. The summed E-state index contributed by atoms with van der Waals surface area (Å²) in [4.78, 5) is 49.6. The number of ether oxygens (including phenoxy) is 1. The quantitative estimate of drug-likeness (QED) is 0.263. The van der Waals surface area contributed by atoms with Crippen molar-refractivity contribution in [3.05, 3.63) is 89.4 Å². The maximum Gasteiger partial charge on any atom is 0.306 e. The summed E-state index contributed by atoms with van der Waals surface area (Å²) in [7, 11) is 0. The molecule has 0 heterocycles. The molecule has 8 nitrogen and oxygen atoms in total. The Kier molecular flexibility index (Phi) is 10.3. The molecule has 3 aromatic rings. The van der Waals surface area contributed by atoms with Crippen LogP contribution >= 0.6 is 23.4 Å². The molecule has 186 valence electrons. The smallest absolute Gasteiger partial charge is 0.306 e. The third-order valence-corrected chi connectivity index (χ3v) is 5.96. The molecule has 0 aliphatic heterocycles. The molecule has 10 heteroatoms. The maximum atomic E-state index is 12.1. The lowest BCUT2D eigenvalue weighted by atomic mass is 10.2. The Hall–Kier alpha value is -3.82. The second kappa shape index (κ2) is 13.9. The Bertz CT molecular complexity index is 1190. The van der Waals surface area contributed by atoms with Gasteiger partial charge < -0.3 is 10.1 Å². The van der Waals surface area contributed by atoms with E-state index in [9.17, 15) is 19.2 Å². The third-order valence-electron chi connectivity index (χ3n) is 4.69. The zero-order valence-electron chi connectivity index (χ0n) is 19.2. The minimum Gasteiger partial charge on any atom is -0.455 e. The highest BCUT2D eigenvalue weighted by Gasteiger charge is 2.11. The van der Waals surface area contributed by atoms with Crippen LogP contribution in [0.15, 0.2) is 88.7 Å². The van der Waals surface area contributed by atoms with Crippen LogP contribution < -0.4 is 16.2 Å². The number of amides is 3. The number of benzene rings is 3. The predicted molar refractivity (Wildman–Crippen MR) is 138 cm³/mol. The Balaban J connectivity index is 1.29. The normalized spacial score (nSPS) is 10.2. The molecule has 3 aromatic carbocycles. The Morgan fingerprint density at radius 2 is 1.39 bits per heavy atom. The highest BCUT2D eigenvalue weighted by atomic mass is 35.5. The highest BCUT2D eigenvalue weighted by Crippen LogP contribution is 2.29. The van der Waals surface area contributed by atoms with E-state index < -0.39 is 24.4 Å². The lowest BCUT2D eigenvalue weighted by molar-refractivity contribution is -0.148. The minimum atomic E-state index is -0.678. The molecule has 0 bridgehead atoms. The molecule has 36 heavy (non-hydrogen) atoms. The van der Waals surface area contributed by atoms with Crippen molar-refractivity contribution in [2.24, 2.45) is 0 Å². The summed E-state index contributed by atoms with van der Waals surface area (Å²) >= 11 is 7.48.